The summed E-state index contributed by atoms with van der Waals surface area (Å²) in [4.78, 5) is 0. The third-order valence-corrected chi connectivity index (χ3v) is 10.1. The van der Waals surface area contributed by atoms with E-state index >= 15 is 0 Å². The summed E-state index contributed by atoms with van der Waals surface area (Å²) >= 11 is 0. The predicted octanol–water partition coefficient (Wildman–Crippen LogP) is 13.5. The Kier molecular flexibility index (Phi) is 8.15. The van der Waals surface area contributed by atoms with Crippen molar-refractivity contribution in [3.05, 3.63) is 192 Å². The van der Waals surface area contributed by atoms with E-state index in [9.17, 15) is 0 Å². The molecule has 1 unspecified atom stereocenters. The second-order valence-corrected chi connectivity index (χ2v) is 13.4. The fourth-order valence-electron chi connectivity index (χ4n) is 7.53. The molecule has 246 valence electrons. The third kappa shape index (κ3) is 6.19. The number of rotatable bonds is 8. The number of fused-ring (bicyclic) bond motifs is 3. The van der Waals surface area contributed by atoms with Crippen LogP contribution in [0.2, 0.25) is 0 Å². The predicted molar refractivity (Wildman–Crippen MR) is 215 cm³/mol. The van der Waals surface area contributed by atoms with Gasteiger partial charge in [0, 0.05) is 50.7 Å². The van der Waals surface area contributed by atoms with Crippen LogP contribution >= 0.6 is 0 Å². The first-order chi connectivity index (χ1) is 25.3. The number of benzene rings is 6. The van der Waals surface area contributed by atoms with Gasteiger partial charge in [-0.05, 0) is 89.6 Å². The van der Waals surface area contributed by atoms with Gasteiger partial charge in [-0.3, -0.25) is 0 Å². The van der Waals surface area contributed by atoms with Crippen molar-refractivity contribution in [3.63, 3.8) is 0 Å². The molecule has 51 heavy (non-hydrogen) atoms. The van der Waals surface area contributed by atoms with Crippen molar-refractivity contribution in [1.29, 1.82) is 0 Å². The minimum Gasteiger partial charge on any atom is -0.460 e. The Hall–Kier alpha value is -6.32. The van der Waals surface area contributed by atoms with Crippen LogP contribution in [0.4, 0.5) is 22.7 Å². The molecule has 6 aromatic carbocycles. The van der Waals surface area contributed by atoms with Gasteiger partial charge in [0.05, 0.1) is 0 Å². The molecule has 2 aliphatic carbocycles. The van der Waals surface area contributed by atoms with E-state index in [-0.39, 0.29) is 5.92 Å². The molecule has 9 rings (SSSR count). The van der Waals surface area contributed by atoms with Gasteiger partial charge in [-0.15, -0.1) is 0 Å². The molecule has 0 radical (unpaired) electrons. The van der Waals surface area contributed by atoms with E-state index in [2.05, 4.69) is 174 Å². The Morgan fingerprint density at radius 1 is 0.569 bits per heavy atom. The molecule has 1 atom stereocenters. The lowest BCUT2D eigenvalue weighted by Gasteiger charge is -2.21. The van der Waals surface area contributed by atoms with E-state index in [4.69, 9.17) is 4.42 Å². The van der Waals surface area contributed by atoms with Gasteiger partial charge in [-0.1, -0.05) is 134 Å². The Balaban J connectivity index is 1.10. The lowest BCUT2D eigenvalue weighted by atomic mass is 9.86. The fourth-order valence-corrected chi connectivity index (χ4v) is 7.53. The molecule has 1 aromatic heterocycles. The lowest BCUT2D eigenvalue weighted by Crippen LogP contribution is -2.04. The first-order valence-electron chi connectivity index (χ1n) is 17.8. The summed E-state index contributed by atoms with van der Waals surface area (Å²) in [5, 5.41) is 8.76. The Morgan fingerprint density at radius 3 is 2.08 bits per heavy atom. The average molecular weight is 659 g/mol. The molecule has 2 N–H and O–H groups in total. The zero-order valence-electron chi connectivity index (χ0n) is 28.4. The van der Waals surface area contributed by atoms with Crippen molar-refractivity contribution in [1.82, 2.24) is 0 Å². The summed E-state index contributed by atoms with van der Waals surface area (Å²) in [6, 6.07) is 51.8. The number of nitrogens with one attached hydrogen (secondary N) is 2. The zero-order chi connectivity index (χ0) is 34.0. The van der Waals surface area contributed by atoms with Crippen LogP contribution in [0.1, 0.15) is 47.6 Å². The van der Waals surface area contributed by atoms with Crippen LogP contribution in [0, 0.1) is 0 Å². The Morgan fingerprint density at radius 2 is 1.27 bits per heavy atom. The van der Waals surface area contributed by atoms with Gasteiger partial charge in [0.2, 0.25) is 0 Å². The standard InChI is InChI=1S/C48H38N2O/c1-4-14-33(15-5-1)40-28-26-35(31-45(40)49-38-19-8-3-9-20-38)36-27-29-41(34-16-6-2-7-17-34)46(32-36)50-39-21-12-18-37(30-39)42-23-13-24-44-43-22-10-11-25-47(43)51-48(42)44/h1-6,8-16,18-22,24-32,42,49-50H,7,17,23H2. The highest BCUT2D eigenvalue weighted by Gasteiger charge is 2.25. The maximum atomic E-state index is 6.47. The summed E-state index contributed by atoms with van der Waals surface area (Å²) in [5.41, 5.74) is 14.9. The van der Waals surface area contributed by atoms with E-state index in [1.165, 1.54) is 38.8 Å². The maximum absolute atomic E-state index is 6.47. The summed E-state index contributed by atoms with van der Waals surface area (Å²) in [5.74, 6) is 1.21. The molecule has 1 heterocycles. The molecule has 0 saturated carbocycles. The van der Waals surface area contributed by atoms with Gasteiger partial charge < -0.3 is 15.1 Å². The van der Waals surface area contributed by atoms with Crippen molar-refractivity contribution in [2.45, 2.75) is 25.2 Å². The van der Waals surface area contributed by atoms with E-state index in [1.807, 2.05) is 12.1 Å². The molecule has 3 nitrogen and oxygen atoms in total. The van der Waals surface area contributed by atoms with Crippen LogP contribution in [0.5, 0.6) is 0 Å². The number of para-hydroxylation sites is 2. The first kappa shape index (κ1) is 30.7. The van der Waals surface area contributed by atoms with Gasteiger partial charge in [0.15, 0.2) is 0 Å². The smallest absolute Gasteiger partial charge is 0.134 e. The molecular weight excluding hydrogens is 621 g/mol. The van der Waals surface area contributed by atoms with Crippen molar-refractivity contribution >= 4 is 45.4 Å². The number of furan rings is 1. The van der Waals surface area contributed by atoms with Crippen LogP contribution in [-0.2, 0) is 0 Å². The zero-order valence-corrected chi connectivity index (χ0v) is 28.4. The number of hydrogen-bond donors (Lipinski definition) is 2. The lowest BCUT2D eigenvalue weighted by molar-refractivity contribution is 0.517. The largest absolute Gasteiger partial charge is 0.460 e. The first-order valence-corrected chi connectivity index (χ1v) is 17.8. The molecule has 0 fully saturated rings. The molecule has 7 aromatic rings. The second-order valence-electron chi connectivity index (χ2n) is 13.4. The van der Waals surface area contributed by atoms with Crippen molar-refractivity contribution in [2.75, 3.05) is 10.6 Å². The summed E-state index contributed by atoms with van der Waals surface area (Å²) < 4.78 is 6.47. The highest BCUT2D eigenvalue weighted by Crippen LogP contribution is 2.42. The molecule has 0 bridgehead atoms. The molecule has 0 amide bonds. The van der Waals surface area contributed by atoms with Gasteiger partial charge >= 0.3 is 0 Å². The van der Waals surface area contributed by atoms with Gasteiger partial charge in [-0.2, -0.15) is 0 Å². The SMILES string of the molecule is C1=CCCC(c2ccc(-c3ccc(-c4ccccc4)c(Nc4ccccc4)c3)cc2Nc2cccc(C3CC=Cc4c3oc3ccccc43)c2)=C1. The van der Waals surface area contributed by atoms with Crippen molar-refractivity contribution < 1.29 is 4.42 Å². The van der Waals surface area contributed by atoms with Crippen LogP contribution in [0.25, 0.3) is 44.9 Å². The van der Waals surface area contributed by atoms with Crippen LogP contribution in [0.3, 0.4) is 0 Å². The number of hydrogen-bond acceptors (Lipinski definition) is 3. The van der Waals surface area contributed by atoms with Crippen LogP contribution < -0.4 is 10.6 Å². The Labute approximate surface area is 299 Å². The summed E-state index contributed by atoms with van der Waals surface area (Å²) in [7, 11) is 0. The molecule has 0 saturated heterocycles. The average Bonchev–Trinajstić information content (AvgIpc) is 3.58. The Bertz CT molecular complexity index is 2450. The fraction of sp³-hybridized carbons (Fsp3) is 0.0833. The molecule has 0 aliphatic heterocycles. The molecule has 3 heteroatoms. The van der Waals surface area contributed by atoms with E-state index < -0.39 is 0 Å². The minimum absolute atomic E-state index is 0.162. The second kappa shape index (κ2) is 13.5. The summed E-state index contributed by atoms with van der Waals surface area (Å²) in [6.45, 7) is 0. The highest BCUT2D eigenvalue weighted by molar-refractivity contribution is 5.90. The normalized spacial score (nSPS) is 15.0. The van der Waals surface area contributed by atoms with Crippen molar-refractivity contribution in [2.24, 2.45) is 0 Å². The highest BCUT2D eigenvalue weighted by atomic mass is 16.3. The van der Waals surface area contributed by atoms with Gasteiger partial charge in [-0.25, -0.2) is 0 Å². The molecule has 0 spiro atoms. The molecule has 2 aliphatic rings. The van der Waals surface area contributed by atoms with Crippen LogP contribution in [-0.4, -0.2) is 0 Å². The maximum Gasteiger partial charge on any atom is 0.134 e. The van der Waals surface area contributed by atoms with Crippen LogP contribution in [0.15, 0.2) is 174 Å². The van der Waals surface area contributed by atoms with E-state index in [1.54, 1.807) is 0 Å². The van der Waals surface area contributed by atoms with E-state index in [0.717, 1.165) is 64.5 Å². The topological polar surface area (TPSA) is 37.2 Å². The molecular formula is C48H38N2O. The third-order valence-electron chi connectivity index (χ3n) is 10.1. The number of anilines is 4. The minimum atomic E-state index is 0.162. The quantitative estimate of drug-likeness (QED) is 0.171. The van der Waals surface area contributed by atoms with Gasteiger partial charge in [0.1, 0.15) is 11.3 Å². The number of allylic oxidation sites excluding steroid dienone is 5. The van der Waals surface area contributed by atoms with Gasteiger partial charge in [0.25, 0.3) is 0 Å². The van der Waals surface area contributed by atoms with Crippen molar-refractivity contribution in [3.8, 4) is 22.3 Å². The van der Waals surface area contributed by atoms with E-state index in [0.29, 0.717) is 0 Å². The monoisotopic (exact) mass is 658 g/mol. The summed E-state index contributed by atoms with van der Waals surface area (Å²) in [6.07, 6.45) is 14.2.